The third-order valence-corrected chi connectivity index (χ3v) is 5.59. The minimum Gasteiger partial charge on any atom is -0.481 e. The fourth-order valence-electron chi connectivity index (χ4n) is 2.44. The summed E-state index contributed by atoms with van der Waals surface area (Å²) in [5, 5.41) is 9.21. The first-order chi connectivity index (χ1) is 7.06. The summed E-state index contributed by atoms with van der Waals surface area (Å²) in [5.74, 6) is -2.44. The Kier molecular flexibility index (Phi) is 2.89. The molecule has 5 atom stereocenters. The van der Waals surface area contributed by atoms with Crippen LogP contribution >= 0.6 is 24.4 Å². The number of fused-ring (bicyclic) bond motifs is 2. The second-order valence-corrected chi connectivity index (χ2v) is 5.94. The van der Waals surface area contributed by atoms with E-state index in [0.717, 1.165) is 6.42 Å². The van der Waals surface area contributed by atoms with E-state index in [9.17, 15) is 9.59 Å². The van der Waals surface area contributed by atoms with Gasteiger partial charge in [-0.25, -0.2) is 0 Å². The number of carbonyl (C=O) groups excluding carboxylic acids is 1. The summed E-state index contributed by atoms with van der Waals surface area (Å²) in [7, 11) is 1.30. The van der Waals surface area contributed by atoms with Crippen molar-refractivity contribution in [1.29, 1.82) is 0 Å². The molecule has 5 unspecified atom stereocenters. The molecule has 2 aliphatic heterocycles. The molecule has 2 aliphatic rings. The number of hydrogen-bond acceptors (Lipinski definition) is 5. The fraction of sp³-hybridized carbons (Fsp3) is 0.778. The molecule has 0 amide bonds. The number of methoxy groups -OCH3 is 1. The summed E-state index contributed by atoms with van der Waals surface area (Å²) in [6.07, 6.45) is 0.767. The minimum atomic E-state index is -0.898. The lowest BCUT2D eigenvalue weighted by atomic mass is 9.79. The molecule has 0 spiro atoms. The molecule has 2 bridgehead atoms. The van der Waals surface area contributed by atoms with Gasteiger partial charge in [-0.2, -0.15) is 24.4 Å². The number of ether oxygens (including phenoxy) is 1. The highest BCUT2D eigenvalue weighted by Crippen LogP contribution is 2.55. The molecule has 2 heterocycles. The van der Waals surface area contributed by atoms with Crippen molar-refractivity contribution >= 4 is 36.3 Å². The third-order valence-electron chi connectivity index (χ3n) is 3.08. The van der Waals surface area contributed by atoms with Crippen LogP contribution in [0.4, 0.5) is 0 Å². The topological polar surface area (TPSA) is 63.6 Å². The van der Waals surface area contributed by atoms with Gasteiger partial charge in [0.25, 0.3) is 0 Å². The van der Waals surface area contributed by atoms with E-state index in [-0.39, 0.29) is 15.7 Å². The molecule has 0 saturated carbocycles. The molecule has 1 N–H and O–H groups in total. The maximum atomic E-state index is 11.5. The van der Waals surface area contributed by atoms with Crippen LogP contribution in [0.15, 0.2) is 0 Å². The highest BCUT2D eigenvalue weighted by Gasteiger charge is 2.58. The molecule has 84 valence electrons. The number of carbonyl (C=O) groups is 2. The van der Waals surface area contributed by atoms with Crippen LogP contribution in [-0.4, -0.2) is 39.9 Å². The van der Waals surface area contributed by atoms with Gasteiger partial charge in [0, 0.05) is 15.7 Å². The van der Waals surface area contributed by atoms with Crippen LogP contribution in [0, 0.1) is 11.8 Å². The highest BCUT2D eigenvalue weighted by atomic mass is 32.2. The van der Waals surface area contributed by atoms with E-state index in [0.29, 0.717) is 0 Å². The zero-order valence-electron chi connectivity index (χ0n) is 8.12. The van der Waals surface area contributed by atoms with Crippen molar-refractivity contribution in [3.8, 4) is 0 Å². The van der Waals surface area contributed by atoms with Crippen LogP contribution in [0.1, 0.15) is 6.42 Å². The Bertz CT molecular complexity index is 306. The molecule has 2 fully saturated rings. The van der Waals surface area contributed by atoms with Crippen molar-refractivity contribution in [1.82, 2.24) is 0 Å². The number of thiol groups is 1. The van der Waals surface area contributed by atoms with Gasteiger partial charge in [-0.05, 0) is 6.42 Å². The summed E-state index contributed by atoms with van der Waals surface area (Å²) in [4.78, 5) is 22.6. The summed E-state index contributed by atoms with van der Waals surface area (Å²) in [6.45, 7) is 0. The first-order valence-corrected chi connectivity index (χ1v) is 6.16. The van der Waals surface area contributed by atoms with Gasteiger partial charge in [0.05, 0.1) is 18.9 Å². The van der Waals surface area contributed by atoms with Gasteiger partial charge >= 0.3 is 11.9 Å². The largest absolute Gasteiger partial charge is 0.481 e. The van der Waals surface area contributed by atoms with E-state index in [1.165, 1.54) is 7.11 Å². The Hall–Kier alpha value is -0.360. The normalized spacial score (nSPS) is 42.9. The standard InChI is InChI=1S/C9H12O4S2/c1-13-9(12)6-5(8(10)11)4-2-3(14)7(6)15-4/h3-7,14H,2H2,1H3,(H,10,11). The second kappa shape index (κ2) is 3.90. The zero-order valence-corrected chi connectivity index (χ0v) is 9.83. The molecule has 4 nitrogen and oxygen atoms in total. The zero-order chi connectivity index (χ0) is 11.2. The van der Waals surface area contributed by atoms with Crippen molar-refractivity contribution in [2.24, 2.45) is 11.8 Å². The predicted octanol–water partition coefficient (Wildman–Crippen LogP) is 0.662. The second-order valence-electron chi connectivity index (χ2n) is 3.86. The highest BCUT2D eigenvalue weighted by molar-refractivity contribution is 8.02. The van der Waals surface area contributed by atoms with E-state index < -0.39 is 23.8 Å². The molecule has 0 aliphatic carbocycles. The molecule has 6 heteroatoms. The monoisotopic (exact) mass is 248 g/mol. The third kappa shape index (κ3) is 1.63. The number of carboxylic acid groups (broad SMARTS) is 1. The Balaban J connectivity index is 2.25. The molecule has 2 saturated heterocycles. The molecule has 0 aromatic carbocycles. The average Bonchev–Trinajstić information content (AvgIpc) is 2.71. The first kappa shape index (κ1) is 11.1. The Morgan fingerprint density at radius 2 is 2.13 bits per heavy atom. The SMILES string of the molecule is COC(=O)C1C2SC(CC2S)C1C(=O)O. The lowest BCUT2D eigenvalue weighted by molar-refractivity contribution is -0.156. The van der Waals surface area contributed by atoms with Crippen molar-refractivity contribution < 1.29 is 19.4 Å². The van der Waals surface area contributed by atoms with E-state index in [2.05, 4.69) is 17.4 Å². The number of thioether (sulfide) groups is 1. The van der Waals surface area contributed by atoms with Crippen LogP contribution in [0.25, 0.3) is 0 Å². The van der Waals surface area contributed by atoms with Gasteiger partial charge in [-0.3, -0.25) is 9.59 Å². The Morgan fingerprint density at radius 1 is 1.47 bits per heavy atom. The quantitative estimate of drug-likeness (QED) is 0.555. The minimum absolute atomic E-state index is 0.00752. The maximum Gasteiger partial charge on any atom is 0.310 e. The van der Waals surface area contributed by atoms with E-state index >= 15 is 0 Å². The number of rotatable bonds is 2. The van der Waals surface area contributed by atoms with Crippen LogP contribution in [-0.2, 0) is 14.3 Å². The van der Waals surface area contributed by atoms with Crippen molar-refractivity contribution in [2.75, 3.05) is 7.11 Å². The molecule has 0 aromatic rings. The number of aliphatic carboxylic acids is 1. The lowest BCUT2D eigenvalue weighted by Crippen LogP contribution is -2.42. The van der Waals surface area contributed by atoms with Crippen molar-refractivity contribution in [3.63, 3.8) is 0 Å². The smallest absolute Gasteiger partial charge is 0.310 e. The summed E-state index contributed by atoms with van der Waals surface area (Å²) in [5.41, 5.74) is 0. The van der Waals surface area contributed by atoms with Gasteiger partial charge in [0.1, 0.15) is 0 Å². The Labute approximate surface area is 97.2 Å². The van der Waals surface area contributed by atoms with Gasteiger partial charge in [0.2, 0.25) is 0 Å². The first-order valence-electron chi connectivity index (χ1n) is 4.70. The summed E-state index contributed by atoms with van der Waals surface area (Å²) in [6, 6.07) is 0. The van der Waals surface area contributed by atoms with Crippen molar-refractivity contribution in [3.05, 3.63) is 0 Å². The van der Waals surface area contributed by atoms with Gasteiger partial charge in [-0.1, -0.05) is 0 Å². The predicted molar refractivity (Wildman–Crippen MR) is 59.2 cm³/mol. The maximum absolute atomic E-state index is 11.5. The molecular weight excluding hydrogens is 236 g/mol. The van der Waals surface area contributed by atoms with Gasteiger partial charge in [-0.15, -0.1) is 0 Å². The van der Waals surface area contributed by atoms with E-state index in [1.54, 1.807) is 11.8 Å². The van der Waals surface area contributed by atoms with Crippen LogP contribution in [0.3, 0.4) is 0 Å². The number of carboxylic acids is 1. The number of esters is 1. The van der Waals surface area contributed by atoms with Crippen LogP contribution in [0.2, 0.25) is 0 Å². The molecule has 15 heavy (non-hydrogen) atoms. The molecule has 0 aromatic heterocycles. The number of hydrogen-bond donors (Lipinski definition) is 2. The fourth-order valence-corrected chi connectivity index (χ4v) is 5.13. The van der Waals surface area contributed by atoms with Gasteiger partial charge < -0.3 is 9.84 Å². The van der Waals surface area contributed by atoms with Crippen molar-refractivity contribution in [2.45, 2.75) is 22.2 Å². The molecule has 0 radical (unpaired) electrons. The molecular formula is C9H12O4S2. The van der Waals surface area contributed by atoms with Crippen LogP contribution < -0.4 is 0 Å². The average molecular weight is 248 g/mol. The van der Waals surface area contributed by atoms with E-state index in [4.69, 9.17) is 5.11 Å². The lowest BCUT2D eigenvalue weighted by Gasteiger charge is -2.27. The summed E-state index contributed by atoms with van der Waals surface area (Å²) < 4.78 is 4.67. The Morgan fingerprint density at radius 3 is 2.67 bits per heavy atom. The summed E-state index contributed by atoms with van der Waals surface area (Å²) >= 11 is 5.95. The van der Waals surface area contributed by atoms with E-state index in [1.807, 2.05) is 0 Å². The van der Waals surface area contributed by atoms with Gasteiger partial charge in [0.15, 0.2) is 0 Å². The molecule has 2 rings (SSSR count). The van der Waals surface area contributed by atoms with Crippen LogP contribution in [0.5, 0.6) is 0 Å².